The van der Waals surface area contributed by atoms with Gasteiger partial charge in [0.1, 0.15) is 5.52 Å². The topological polar surface area (TPSA) is 123 Å². The van der Waals surface area contributed by atoms with Crippen LogP contribution in [0.1, 0.15) is 55.6 Å². The lowest BCUT2D eigenvalue weighted by molar-refractivity contribution is -0.130. The lowest BCUT2D eigenvalue weighted by atomic mass is 9.96. The number of aromatic nitrogens is 5. The summed E-state index contributed by atoms with van der Waals surface area (Å²) in [6.45, 7) is 8.64. The molecular formula is C23H30N8O2. The van der Waals surface area contributed by atoms with Gasteiger partial charge in [0.05, 0.1) is 11.1 Å². The van der Waals surface area contributed by atoms with E-state index in [2.05, 4.69) is 45.1 Å². The quantitative estimate of drug-likeness (QED) is 0.585. The predicted octanol–water partition coefficient (Wildman–Crippen LogP) is 2.17. The molecule has 1 fully saturated rings. The van der Waals surface area contributed by atoms with Crippen LogP contribution in [0, 0.1) is 5.92 Å². The first-order valence-corrected chi connectivity index (χ1v) is 11.3. The third-order valence-corrected chi connectivity index (χ3v) is 6.14. The maximum absolute atomic E-state index is 12.4. The third-order valence-electron chi connectivity index (χ3n) is 6.14. The van der Waals surface area contributed by atoms with E-state index in [-0.39, 0.29) is 11.9 Å². The van der Waals surface area contributed by atoms with Crippen molar-refractivity contribution < 1.29 is 9.59 Å². The van der Waals surface area contributed by atoms with Crippen LogP contribution in [0.25, 0.3) is 11.0 Å². The van der Waals surface area contributed by atoms with Gasteiger partial charge in [0.25, 0.3) is 5.91 Å². The molecule has 4 rings (SSSR count). The number of piperidine rings is 1. The molecule has 174 valence electrons. The molecule has 2 amide bonds. The molecule has 1 aliphatic heterocycles. The molecule has 1 aromatic carbocycles. The van der Waals surface area contributed by atoms with Gasteiger partial charge in [-0.15, -0.1) is 5.10 Å². The zero-order valence-electron chi connectivity index (χ0n) is 19.3. The summed E-state index contributed by atoms with van der Waals surface area (Å²) in [7, 11) is 0. The number of rotatable bonds is 7. The van der Waals surface area contributed by atoms with E-state index < -0.39 is 5.91 Å². The molecule has 10 nitrogen and oxygen atoms in total. The number of benzene rings is 1. The predicted molar refractivity (Wildman–Crippen MR) is 124 cm³/mol. The van der Waals surface area contributed by atoms with E-state index in [1.807, 2.05) is 21.7 Å². The lowest BCUT2D eigenvalue weighted by Crippen LogP contribution is -2.40. The van der Waals surface area contributed by atoms with Crippen molar-refractivity contribution in [2.75, 3.05) is 24.5 Å². The minimum absolute atomic E-state index is 0.0636. The SMILES string of the molecule is CC(=O)N(Cc1ccc2c(c1)nnn2C(C)C)CC1CCN(c2ncc(C(N)=O)cn2)CC1. The molecule has 1 saturated heterocycles. The normalized spacial score (nSPS) is 14.7. The van der Waals surface area contributed by atoms with E-state index in [0.717, 1.165) is 42.5 Å². The summed E-state index contributed by atoms with van der Waals surface area (Å²) < 4.78 is 1.90. The lowest BCUT2D eigenvalue weighted by Gasteiger charge is -2.34. The molecule has 3 heterocycles. The Morgan fingerprint density at radius 1 is 1.18 bits per heavy atom. The Morgan fingerprint density at radius 3 is 2.48 bits per heavy atom. The van der Waals surface area contributed by atoms with Crippen LogP contribution in [0.5, 0.6) is 0 Å². The van der Waals surface area contributed by atoms with Crippen molar-refractivity contribution >= 4 is 28.8 Å². The van der Waals surface area contributed by atoms with Crippen LogP contribution in [0.15, 0.2) is 30.6 Å². The number of carbonyl (C=O) groups is 2. The van der Waals surface area contributed by atoms with Crippen molar-refractivity contribution in [3.05, 3.63) is 41.7 Å². The molecule has 0 atom stereocenters. The number of amides is 2. The summed E-state index contributed by atoms with van der Waals surface area (Å²) in [6, 6.07) is 6.35. The number of nitrogens with zero attached hydrogens (tertiary/aromatic N) is 7. The molecule has 0 spiro atoms. The molecular weight excluding hydrogens is 420 g/mol. The Labute approximate surface area is 192 Å². The van der Waals surface area contributed by atoms with E-state index in [9.17, 15) is 9.59 Å². The van der Waals surface area contributed by atoms with Crippen LogP contribution >= 0.6 is 0 Å². The van der Waals surface area contributed by atoms with Crippen LogP contribution < -0.4 is 10.6 Å². The number of hydrogen-bond acceptors (Lipinski definition) is 7. The highest BCUT2D eigenvalue weighted by Crippen LogP contribution is 2.23. The second kappa shape index (κ2) is 9.51. The smallest absolute Gasteiger partial charge is 0.251 e. The summed E-state index contributed by atoms with van der Waals surface area (Å²) in [6.07, 6.45) is 4.80. The van der Waals surface area contributed by atoms with Crippen molar-refractivity contribution in [2.24, 2.45) is 11.7 Å². The van der Waals surface area contributed by atoms with E-state index in [1.54, 1.807) is 6.92 Å². The number of primary amides is 1. The molecule has 10 heteroatoms. The molecule has 0 aliphatic carbocycles. The van der Waals surface area contributed by atoms with E-state index in [0.29, 0.717) is 30.5 Å². The van der Waals surface area contributed by atoms with Crippen molar-refractivity contribution in [3.63, 3.8) is 0 Å². The highest BCUT2D eigenvalue weighted by molar-refractivity contribution is 5.92. The molecule has 0 saturated carbocycles. The van der Waals surface area contributed by atoms with Crippen molar-refractivity contribution in [1.29, 1.82) is 0 Å². The van der Waals surface area contributed by atoms with Crippen LogP contribution in [0.4, 0.5) is 5.95 Å². The molecule has 1 aliphatic rings. The first kappa shape index (κ1) is 22.6. The van der Waals surface area contributed by atoms with Crippen LogP contribution in [0.3, 0.4) is 0 Å². The third kappa shape index (κ3) is 5.10. The average molecular weight is 451 g/mol. The fourth-order valence-electron chi connectivity index (χ4n) is 4.23. The fraction of sp³-hybridized carbons (Fsp3) is 0.478. The molecule has 2 N–H and O–H groups in total. The maximum Gasteiger partial charge on any atom is 0.251 e. The molecule has 0 unspecified atom stereocenters. The number of carbonyl (C=O) groups excluding carboxylic acids is 2. The van der Waals surface area contributed by atoms with E-state index in [1.165, 1.54) is 12.4 Å². The highest BCUT2D eigenvalue weighted by atomic mass is 16.2. The maximum atomic E-state index is 12.4. The van der Waals surface area contributed by atoms with Gasteiger partial charge in [-0.3, -0.25) is 9.59 Å². The number of hydrogen-bond donors (Lipinski definition) is 1. The first-order valence-electron chi connectivity index (χ1n) is 11.3. The van der Waals surface area contributed by atoms with Gasteiger partial charge in [-0.1, -0.05) is 11.3 Å². The van der Waals surface area contributed by atoms with Gasteiger partial charge in [0.15, 0.2) is 0 Å². The number of anilines is 1. The van der Waals surface area contributed by atoms with Crippen molar-refractivity contribution in [2.45, 2.75) is 46.2 Å². The van der Waals surface area contributed by atoms with Gasteiger partial charge in [-0.25, -0.2) is 14.6 Å². The Morgan fingerprint density at radius 2 is 1.88 bits per heavy atom. The standard InChI is InChI=1S/C23H30N8O2/c1-15(2)31-21-5-4-18(10-20(21)27-28-31)14-30(16(3)32)13-17-6-8-29(9-7-17)23-25-11-19(12-26-23)22(24)33/h4-5,10-12,15,17H,6-9,13-14H2,1-3H3,(H2,24,33). The average Bonchev–Trinajstić information content (AvgIpc) is 3.23. The van der Waals surface area contributed by atoms with Crippen LogP contribution in [-0.4, -0.2) is 61.3 Å². The van der Waals surface area contributed by atoms with E-state index in [4.69, 9.17) is 5.73 Å². The Hall–Kier alpha value is -3.56. The zero-order chi connectivity index (χ0) is 23.5. The first-order chi connectivity index (χ1) is 15.8. The fourth-order valence-corrected chi connectivity index (χ4v) is 4.23. The van der Waals surface area contributed by atoms with Gasteiger partial charge in [0, 0.05) is 51.5 Å². The van der Waals surface area contributed by atoms with Crippen LogP contribution in [-0.2, 0) is 11.3 Å². The second-order valence-corrected chi connectivity index (χ2v) is 8.92. The van der Waals surface area contributed by atoms with Gasteiger partial charge in [-0.2, -0.15) is 0 Å². The van der Waals surface area contributed by atoms with Gasteiger partial charge >= 0.3 is 0 Å². The van der Waals surface area contributed by atoms with E-state index >= 15 is 0 Å². The van der Waals surface area contributed by atoms with Gasteiger partial charge in [-0.05, 0) is 50.3 Å². The zero-order valence-corrected chi connectivity index (χ0v) is 19.3. The summed E-state index contributed by atoms with van der Waals surface area (Å²) in [4.78, 5) is 36.1. The molecule has 0 bridgehead atoms. The molecule has 33 heavy (non-hydrogen) atoms. The van der Waals surface area contributed by atoms with Gasteiger partial charge in [0.2, 0.25) is 11.9 Å². The largest absolute Gasteiger partial charge is 0.366 e. The molecule has 2 aromatic heterocycles. The Bertz CT molecular complexity index is 1130. The highest BCUT2D eigenvalue weighted by Gasteiger charge is 2.24. The monoisotopic (exact) mass is 450 g/mol. The summed E-state index contributed by atoms with van der Waals surface area (Å²) in [5, 5.41) is 8.52. The summed E-state index contributed by atoms with van der Waals surface area (Å²) >= 11 is 0. The van der Waals surface area contributed by atoms with Crippen LogP contribution in [0.2, 0.25) is 0 Å². The Kier molecular flexibility index (Phi) is 6.52. The summed E-state index contributed by atoms with van der Waals surface area (Å²) in [5.74, 6) is 0.534. The van der Waals surface area contributed by atoms with Crippen molar-refractivity contribution in [1.82, 2.24) is 29.9 Å². The Balaban J connectivity index is 1.36. The number of nitrogens with two attached hydrogens (primary N) is 1. The summed E-state index contributed by atoms with van der Waals surface area (Å²) in [5.41, 5.74) is 8.45. The van der Waals surface area contributed by atoms with Crippen molar-refractivity contribution in [3.8, 4) is 0 Å². The second-order valence-electron chi connectivity index (χ2n) is 8.92. The minimum atomic E-state index is -0.534. The molecule has 3 aromatic rings. The van der Waals surface area contributed by atoms with Gasteiger partial charge < -0.3 is 15.5 Å². The number of fused-ring (bicyclic) bond motifs is 1. The molecule has 0 radical (unpaired) electrons. The minimum Gasteiger partial charge on any atom is -0.366 e.